The summed E-state index contributed by atoms with van der Waals surface area (Å²) in [6.07, 6.45) is 0. The van der Waals surface area contributed by atoms with Crippen molar-refractivity contribution in [2.45, 2.75) is 6.04 Å². The summed E-state index contributed by atoms with van der Waals surface area (Å²) < 4.78 is 13.2. The van der Waals surface area contributed by atoms with Gasteiger partial charge in [0.1, 0.15) is 11.9 Å². The SMILES string of the molecule is C[NH+](C)[C@@H](CNC(=S)Nc1ccc(F)c(Cl)c1)c1ccccc1. The first-order valence-corrected chi connectivity index (χ1v) is 8.11. The predicted octanol–water partition coefficient (Wildman–Crippen LogP) is 2.65. The van der Waals surface area contributed by atoms with Crippen LogP contribution in [0.5, 0.6) is 0 Å². The highest BCUT2D eigenvalue weighted by atomic mass is 35.5. The lowest BCUT2D eigenvalue weighted by molar-refractivity contribution is -0.890. The van der Waals surface area contributed by atoms with Gasteiger partial charge in [0.15, 0.2) is 5.11 Å². The van der Waals surface area contributed by atoms with E-state index in [1.165, 1.54) is 22.6 Å². The molecule has 0 fully saturated rings. The molecule has 0 aromatic heterocycles. The molecule has 0 aliphatic carbocycles. The number of hydrogen-bond donors (Lipinski definition) is 3. The summed E-state index contributed by atoms with van der Waals surface area (Å²) in [6.45, 7) is 0.688. The number of likely N-dealkylation sites (N-methyl/N-ethyl adjacent to an activating group) is 1. The van der Waals surface area contributed by atoms with Crippen LogP contribution < -0.4 is 15.5 Å². The van der Waals surface area contributed by atoms with Gasteiger partial charge in [-0.15, -0.1) is 0 Å². The van der Waals surface area contributed by atoms with E-state index in [9.17, 15) is 4.39 Å². The van der Waals surface area contributed by atoms with Gasteiger partial charge in [-0.3, -0.25) is 0 Å². The lowest BCUT2D eigenvalue weighted by Crippen LogP contribution is -3.07. The summed E-state index contributed by atoms with van der Waals surface area (Å²) in [7, 11) is 4.21. The second-order valence-corrected chi connectivity index (χ2v) is 6.32. The van der Waals surface area contributed by atoms with Crippen molar-refractivity contribution in [1.29, 1.82) is 0 Å². The molecule has 3 N–H and O–H groups in total. The quantitative estimate of drug-likeness (QED) is 0.722. The highest BCUT2D eigenvalue weighted by Gasteiger charge is 2.17. The topological polar surface area (TPSA) is 28.5 Å². The molecule has 0 aliphatic rings. The molecule has 0 unspecified atom stereocenters. The van der Waals surface area contributed by atoms with E-state index < -0.39 is 5.82 Å². The fourth-order valence-electron chi connectivity index (χ4n) is 2.28. The Hall–Kier alpha value is -1.69. The molecule has 3 nitrogen and oxygen atoms in total. The van der Waals surface area contributed by atoms with Crippen LogP contribution in [0.1, 0.15) is 11.6 Å². The van der Waals surface area contributed by atoms with Gasteiger partial charge >= 0.3 is 0 Å². The Balaban J connectivity index is 1.95. The maximum absolute atomic E-state index is 13.2. The minimum absolute atomic E-state index is 0.0673. The van der Waals surface area contributed by atoms with Crippen molar-refractivity contribution in [3.8, 4) is 0 Å². The average molecular weight is 353 g/mol. The van der Waals surface area contributed by atoms with Gasteiger partial charge in [0.2, 0.25) is 0 Å². The fraction of sp³-hybridized carbons (Fsp3) is 0.235. The van der Waals surface area contributed by atoms with Crippen LogP contribution in [0.3, 0.4) is 0 Å². The Labute approximate surface area is 146 Å². The molecule has 2 rings (SSSR count). The molecule has 0 saturated carbocycles. The maximum Gasteiger partial charge on any atom is 0.171 e. The molecule has 122 valence electrons. The lowest BCUT2D eigenvalue weighted by atomic mass is 10.1. The van der Waals surface area contributed by atoms with E-state index >= 15 is 0 Å². The Morgan fingerprint density at radius 1 is 1.22 bits per heavy atom. The number of quaternary nitrogens is 1. The van der Waals surface area contributed by atoms with E-state index in [1.54, 1.807) is 6.07 Å². The molecule has 23 heavy (non-hydrogen) atoms. The minimum atomic E-state index is -0.448. The summed E-state index contributed by atoms with van der Waals surface area (Å²) in [6, 6.07) is 15.0. The van der Waals surface area contributed by atoms with E-state index in [2.05, 4.69) is 36.9 Å². The van der Waals surface area contributed by atoms with E-state index in [-0.39, 0.29) is 11.1 Å². The third-order valence-electron chi connectivity index (χ3n) is 3.54. The zero-order valence-electron chi connectivity index (χ0n) is 13.1. The van der Waals surface area contributed by atoms with Crippen LogP contribution in [0.4, 0.5) is 10.1 Å². The first kappa shape index (κ1) is 17.7. The van der Waals surface area contributed by atoms with Gasteiger partial charge in [-0.2, -0.15) is 0 Å². The first-order valence-electron chi connectivity index (χ1n) is 7.32. The summed E-state index contributed by atoms with van der Waals surface area (Å²) >= 11 is 11.1. The van der Waals surface area contributed by atoms with Crippen molar-refractivity contribution in [1.82, 2.24) is 5.32 Å². The van der Waals surface area contributed by atoms with E-state index in [0.29, 0.717) is 17.3 Å². The van der Waals surface area contributed by atoms with Crippen LogP contribution in [0, 0.1) is 5.82 Å². The second kappa shape index (κ2) is 8.24. The normalized spacial score (nSPS) is 12.0. The third kappa shape index (κ3) is 5.16. The van der Waals surface area contributed by atoms with E-state index in [0.717, 1.165) is 0 Å². The van der Waals surface area contributed by atoms with Gasteiger partial charge in [0, 0.05) is 11.3 Å². The molecule has 0 radical (unpaired) electrons. The standard InChI is InChI=1S/C17H19ClFN3S/c1-22(2)16(12-6-4-3-5-7-12)11-20-17(23)21-13-8-9-15(19)14(18)10-13/h3-10,16H,11H2,1-2H3,(H2,20,21,23)/p+1/t16-/m0/s1. The molecule has 0 spiro atoms. The highest BCUT2D eigenvalue weighted by molar-refractivity contribution is 7.80. The lowest BCUT2D eigenvalue weighted by Gasteiger charge is -2.23. The Kier molecular flexibility index (Phi) is 6.33. The van der Waals surface area contributed by atoms with Crippen molar-refractivity contribution in [3.05, 3.63) is 64.9 Å². The van der Waals surface area contributed by atoms with E-state index in [4.69, 9.17) is 23.8 Å². The van der Waals surface area contributed by atoms with Gasteiger partial charge in [0.25, 0.3) is 0 Å². The Morgan fingerprint density at radius 3 is 2.52 bits per heavy atom. The molecule has 0 bridgehead atoms. The number of hydrogen-bond acceptors (Lipinski definition) is 1. The van der Waals surface area contributed by atoms with Crippen LogP contribution in [0.2, 0.25) is 5.02 Å². The number of nitrogens with one attached hydrogen (secondary N) is 3. The zero-order chi connectivity index (χ0) is 16.8. The van der Waals surface area contributed by atoms with Gasteiger partial charge in [-0.1, -0.05) is 41.9 Å². The van der Waals surface area contributed by atoms with Crippen LogP contribution in [0.25, 0.3) is 0 Å². The molecule has 0 heterocycles. The van der Waals surface area contributed by atoms with Gasteiger partial charge in [-0.25, -0.2) is 4.39 Å². The molecule has 6 heteroatoms. The van der Waals surface area contributed by atoms with Crippen molar-refractivity contribution in [2.24, 2.45) is 0 Å². The Bertz CT molecular complexity index is 664. The van der Waals surface area contributed by atoms with Gasteiger partial charge < -0.3 is 15.5 Å². The summed E-state index contributed by atoms with van der Waals surface area (Å²) in [5.74, 6) is -0.448. The first-order chi connectivity index (χ1) is 11.0. The molecule has 2 aromatic rings. The second-order valence-electron chi connectivity index (χ2n) is 5.50. The number of thiocarbonyl (C=S) groups is 1. The molecular weight excluding hydrogens is 333 g/mol. The van der Waals surface area contributed by atoms with E-state index in [1.807, 2.05) is 18.2 Å². The molecule has 0 saturated heterocycles. The minimum Gasteiger partial charge on any atom is -0.356 e. The highest BCUT2D eigenvalue weighted by Crippen LogP contribution is 2.19. The molecule has 1 atom stereocenters. The monoisotopic (exact) mass is 352 g/mol. The number of halogens is 2. The molecule has 0 amide bonds. The van der Waals surface area contributed by atoms with Gasteiger partial charge in [0.05, 0.1) is 25.7 Å². The summed E-state index contributed by atoms with van der Waals surface area (Å²) in [4.78, 5) is 1.30. The average Bonchev–Trinajstić information content (AvgIpc) is 2.52. The van der Waals surface area contributed by atoms with Crippen molar-refractivity contribution in [2.75, 3.05) is 26.0 Å². The Morgan fingerprint density at radius 2 is 1.91 bits per heavy atom. The predicted molar refractivity (Wildman–Crippen MR) is 97.6 cm³/mol. The van der Waals surface area contributed by atoms with Crippen LogP contribution in [0.15, 0.2) is 48.5 Å². The number of benzene rings is 2. The molecule has 0 aliphatic heterocycles. The third-order valence-corrected chi connectivity index (χ3v) is 4.08. The fourth-order valence-corrected chi connectivity index (χ4v) is 2.67. The maximum atomic E-state index is 13.2. The van der Waals surface area contributed by atoms with Crippen molar-refractivity contribution in [3.63, 3.8) is 0 Å². The smallest absolute Gasteiger partial charge is 0.171 e. The van der Waals surface area contributed by atoms with Gasteiger partial charge in [-0.05, 0) is 30.4 Å². The zero-order valence-corrected chi connectivity index (χ0v) is 14.6. The van der Waals surface area contributed by atoms with Crippen LogP contribution in [-0.2, 0) is 0 Å². The summed E-state index contributed by atoms with van der Waals surface area (Å²) in [5.41, 5.74) is 1.90. The van der Waals surface area contributed by atoms with Crippen molar-refractivity contribution < 1.29 is 9.29 Å². The molecular formula is C17H20ClFN3S+. The number of anilines is 1. The van der Waals surface area contributed by atoms with Crippen molar-refractivity contribution >= 4 is 34.6 Å². The van der Waals surface area contributed by atoms with Crippen LogP contribution >= 0.6 is 23.8 Å². The number of rotatable bonds is 5. The summed E-state index contributed by atoms with van der Waals surface area (Å²) in [5, 5.41) is 6.77. The van der Waals surface area contributed by atoms with Crippen LogP contribution in [-0.4, -0.2) is 25.8 Å². The molecule has 2 aromatic carbocycles. The largest absolute Gasteiger partial charge is 0.356 e.